The molecule has 0 bridgehead atoms. The summed E-state index contributed by atoms with van der Waals surface area (Å²) in [5, 5.41) is 3.36. The lowest BCUT2D eigenvalue weighted by Crippen LogP contribution is -2.38. The van der Waals surface area contributed by atoms with Crippen LogP contribution >= 0.6 is 11.6 Å². The molecule has 8 heteroatoms. The summed E-state index contributed by atoms with van der Waals surface area (Å²) < 4.78 is 18.4. The molecule has 1 N–H and O–H groups in total. The van der Waals surface area contributed by atoms with Crippen LogP contribution in [0.5, 0.6) is 0 Å². The number of carbonyl (C=O) groups excluding carboxylic acids is 2. The minimum absolute atomic E-state index is 0.114. The van der Waals surface area contributed by atoms with E-state index in [4.69, 9.17) is 16.3 Å². The van der Waals surface area contributed by atoms with Crippen molar-refractivity contribution in [1.29, 1.82) is 0 Å². The van der Waals surface area contributed by atoms with Gasteiger partial charge in [-0.1, -0.05) is 29.8 Å². The Bertz CT molecular complexity index is 848. The van der Waals surface area contributed by atoms with Crippen molar-refractivity contribution in [1.82, 2.24) is 15.2 Å². The van der Waals surface area contributed by atoms with Gasteiger partial charge in [-0.2, -0.15) is 0 Å². The molecule has 0 aliphatic heterocycles. The maximum atomic E-state index is 13.2. The number of hydrogen-bond donors (Lipinski definition) is 1. The number of rotatable bonds is 9. The van der Waals surface area contributed by atoms with Gasteiger partial charge < -0.3 is 15.0 Å². The number of amides is 2. The number of hydrogen-bond acceptors (Lipinski definition) is 4. The Morgan fingerprint density at radius 3 is 2.79 bits per heavy atom. The van der Waals surface area contributed by atoms with Crippen LogP contribution in [0.25, 0.3) is 0 Å². The number of aryl methyl sites for hydroxylation is 2. The third-order valence-corrected chi connectivity index (χ3v) is 4.71. The normalized spacial score (nSPS) is 10.5. The fourth-order valence-corrected chi connectivity index (χ4v) is 2.77. The number of halogens is 2. The molecule has 1 aromatic heterocycles. The van der Waals surface area contributed by atoms with E-state index in [0.29, 0.717) is 30.0 Å². The van der Waals surface area contributed by atoms with Crippen LogP contribution in [0.15, 0.2) is 36.5 Å². The number of carbonyl (C=O) groups is 2. The quantitative estimate of drug-likeness (QED) is 0.623. The zero-order chi connectivity index (χ0) is 21.2. The van der Waals surface area contributed by atoms with Gasteiger partial charge in [-0.3, -0.25) is 9.78 Å². The predicted molar refractivity (Wildman–Crippen MR) is 109 cm³/mol. The first-order valence-electron chi connectivity index (χ1n) is 9.36. The fraction of sp³-hybridized carbons (Fsp3) is 0.381. The molecule has 0 saturated heterocycles. The first kappa shape index (κ1) is 22.6. The van der Waals surface area contributed by atoms with Crippen LogP contribution in [-0.2, 0) is 22.5 Å². The Balaban J connectivity index is 1.61. The zero-order valence-corrected chi connectivity index (χ0v) is 17.3. The number of aromatic nitrogens is 1. The maximum Gasteiger partial charge on any atom is 0.317 e. The summed E-state index contributed by atoms with van der Waals surface area (Å²) >= 11 is 6.06. The van der Waals surface area contributed by atoms with E-state index in [1.807, 2.05) is 18.2 Å². The number of esters is 1. The highest BCUT2D eigenvalue weighted by molar-refractivity contribution is 6.31. The Morgan fingerprint density at radius 2 is 2.07 bits per heavy atom. The van der Waals surface area contributed by atoms with Gasteiger partial charge in [0.1, 0.15) is 12.4 Å². The van der Waals surface area contributed by atoms with Crippen LogP contribution in [0.3, 0.4) is 0 Å². The maximum absolute atomic E-state index is 13.2. The SMILES string of the molecule is Cc1cc(CCCC(=O)OCCN(C)C(=O)NCc2ccccc2Cl)ncc1F. The lowest BCUT2D eigenvalue weighted by atomic mass is 10.1. The predicted octanol–water partition coefficient (Wildman–Crippen LogP) is 3.89. The molecule has 2 rings (SSSR count). The van der Waals surface area contributed by atoms with Crippen LogP contribution < -0.4 is 5.32 Å². The molecule has 156 valence electrons. The Labute approximate surface area is 175 Å². The molecule has 0 radical (unpaired) electrons. The van der Waals surface area contributed by atoms with Crippen LogP contribution in [-0.4, -0.2) is 42.1 Å². The number of urea groups is 1. The lowest BCUT2D eigenvalue weighted by molar-refractivity contribution is -0.143. The van der Waals surface area contributed by atoms with Crippen molar-refractivity contribution >= 4 is 23.6 Å². The van der Waals surface area contributed by atoms with E-state index in [0.717, 1.165) is 11.3 Å². The molecule has 0 saturated carbocycles. The average Bonchev–Trinajstić information content (AvgIpc) is 2.69. The topological polar surface area (TPSA) is 71.5 Å². The van der Waals surface area contributed by atoms with Crippen molar-refractivity contribution in [2.75, 3.05) is 20.2 Å². The van der Waals surface area contributed by atoms with Crippen LogP contribution in [0.1, 0.15) is 29.7 Å². The van der Waals surface area contributed by atoms with E-state index >= 15 is 0 Å². The smallest absolute Gasteiger partial charge is 0.317 e. The summed E-state index contributed by atoms with van der Waals surface area (Å²) in [5.74, 6) is -0.679. The molecule has 29 heavy (non-hydrogen) atoms. The number of benzene rings is 1. The zero-order valence-electron chi connectivity index (χ0n) is 16.6. The fourth-order valence-electron chi connectivity index (χ4n) is 2.57. The van der Waals surface area contributed by atoms with Gasteiger partial charge in [0.15, 0.2) is 0 Å². The van der Waals surface area contributed by atoms with Crippen molar-refractivity contribution in [2.24, 2.45) is 0 Å². The summed E-state index contributed by atoms with van der Waals surface area (Å²) in [4.78, 5) is 29.3. The number of likely N-dealkylation sites (N-methyl/N-ethyl adjacent to an activating group) is 1. The van der Waals surface area contributed by atoms with Crippen molar-refractivity contribution in [3.8, 4) is 0 Å². The van der Waals surface area contributed by atoms with Gasteiger partial charge in [0.25, 0.3) is 0 Å². The van der Waals surface area contributed by atoms with E-state index < -0.39 is 0 Å². The molecule has 1 heterocycles. The van der Waals surface area contributed by atoms with Gasteiger partial charge in [-0.05, 0) is 43.0 Å². The van der Waals surface area contributed by atoms with Gasteiger partial charge >= 0.3 is 12.0 Å². The molecule has 2 aromatic rings. The van der Waals surface area contributed by atoms with Gasteiger partial charge in [-0.15, -0.1) is 0 Å². The number of nitrogens with zero attached hydrogens (tertiary/aromatic N) is 2. The molecule has 0 aliphatic carbocycles. The molecular formula is C21H25ClFN3O3. The summed E-state index contributed by atoms with van der Waals surface area (Å²) in [5.41, 5.74) is 2.10. The second kappa shape index (κ2) is 11.4. The second-order valence-corrected chi connectivity index (χ2v) is 7.08. The molecule has 6 nitrogen and oxygen atoms in total. The number of ether oxygens (including phenoxy) is 1. The summed E-state index contributed by atoms with van der Waals surface area (Å²) in [7, 11) is 1.62. The molecule has 0 unspecified atom stereocenters. The molecule has 0 fully saturated rings. The highest BCUT2D eigenvalue weighted by atomic mass is 35.5. The van der Waals surface area contributed by atoms with Gasteiger partial charge in [0, 0.05) is 30.7 Å². The third-order valence-electron chi connectivity index (χ3n) is 4.34. The minimum atomic E-state index is -0.340. The molecule has 2 amide bonds. The lowest BCUT2D eigenvalue weighted by Gasteiger charge is -2.18. The van der Waals surface area contributed by atoms with E-state index in [1.165, 1.54) is 11.1 Å². The van der Waals surface area contributed by atoms with E-state index in [9.17, 15) is 14.0 Å². The van der Waals surface area contributed by atoms with Gasteiger partial charge in [0.2, 0.25) is 0 Å². The average molecular weight is 422 g/mol. The van der Waals surface area contributed by atoms with E-state index in [-0.39, 0.29) is 37.4 Å². The van der Waals surface area contributed by atoms with Crippen LogP contribution in [0.2, 0.25) is 5.02 Å². The molecule has 0 spiro atoms. The van der Waals surface area contributed by atoms with Crippen LogP contribution in [0.4, 0.5) is 9.18 Å². The highest BCUT2D eigenvalue weighted by Crippen LogP contribution is 2.14. The molecule has 1 aromatic carbocycles. The first-order chi connectivity index (χ1) is 13.9. The summed E-state index contributed by atoms with van der Waals surface area (Å²) in [6, 6.07) is 8.68. The first-order valence-corrected chi connectivity index (χ1v) is 9.73. The molecular weight excluding hydrogens is 397 g/mol. The second-order valence-electron chi connectivity index (χ2n) is 6.67. The van der Waals surface area contributed by atoms with Crippen molar-refractivity contribution in [3.63, 3.8) is 0 Å². The van der Waals surface area contributed by atoms with Gasteiger partial charge in [0.05, 0.1) is 12.7 Å². The number of nitrogens with one attached hydrogen (secondary N) is 1. The van der Waals surface area contributed by atoms with Crippen molar-refractivity contribution in [2.45, 2.75) is 32.7 Å². The third kappa shape index (κ3) is 7.69. The summed E-state index contributed by atoms with van der Waals surface area (Å²) in [6.07, 6.45) is 2.56. The van der Waals surface area contributed by atoms with Crippen molar-refractivity contribution < 1.29 is 18.7 Å². The standard InChI is InChI=1S/C21H25ClFN3O3/c1-15-12-17(24-14-19(15)23)7-5-9-20(27)29-11-10-26(2)21(28)25-13-16-6-3-4-8-18(16)22/h3-4,6,8,12,14H,5,7,9-11,13H2,1-2H3,(H,25,28). The largest absolute Gasteiger partial charge is 0.464 e. The van der Waals surface area contributed by atoms with E-state index in [2.05, 4.69) is 10.3 Å². The summed E-state index contributed by atoms with van der Waals surface area (Å²) in [6.45, 7) is 2.39. The number of pyridine rings is 1. The highest BCUT2D eigenvalue weighted by Gasteiger charge is 2.10. The van der Waals surface area contributed by atoms with Crippen LogP contribution in [0, 0.1) is 12.7 Å². The molecule has 0 atom stereocenters. The van der Waals surface area contributed by atoms with Gasteiger partial charge in [-0.25, -0.2) is 9.18 Å². The van der Waals surface area contributed by atoms with Crippen molar-refractivity contribution in [3.05, 3.63) is 64.2 Å². The Hall–Kier alpha value is -2.67. The Morgan fingerprint density at radius 1 is 1.31 bits per heavy atom. The molecule has 0 aliphatic rings. The Kier molecular flexibility index (Phi) is 8.86. The van der Waals surface area contributed by atoms with E-state index in [1.54, 1.807) is 26.1 Å². The minimum Gasteiger partial charge on any atom is -0.464 e. The monoisotopic (exact) mass is 421 g/mol.